The second kappa shape index (κ2) is 7.40. The highest BCUT2D eigenvalue weighted by Gasteiger charge is 2.14. The van der Waals surface area contributed by atoms with Crippen LogP contribution in [0, 0.1) is 6.92 Å². The fraction of sp³-hybridized carbons (Fsp3) is 0.222. The van der Waals surface area contributed by atoms with Crippen molar-refractivity contribution in [3.8, 4) is 22.8 Å². The largest absolute Gasteiger partial charge is 0.497 e. The number of rotatable bonds is 5. The van der Waals surface area contributed by atoms with Crippen molar-refractivity contribution in [1.29, 1.82) is 0 Å². The lowest BCUT2D eigenvalue weighted by molar-refractivity contribution is 0.404. The van der Waals surface area contributed by atoms with Crippen LogP contribution in [0.2, 0.25) is 0 Å². The Morgan fingerprint density at radius 3 is 2.64 bits per heavy atom. The summed E-state index contributed by atoms with van der Waals surface area (Å²) in [5.41, 5.74) is 1.74. The average Bonchev–Trinajstić information content (AvgIpc) is 3.24. The van der Waals surface area contributed by atoms with Gasteiger partial charge in [0, 0.05) is 18.0 Å². The molecule has 0 spiro atoms. The lowest BCUT2D eigenvalue weighted by Crippen LogP contribution is -2.11. The van der Waals surface area contributed by atoms with Gasteiger partial charge in [-0.3, -0.25) is 4.99 Å². The summed E-state index contributed by atoms with van der Waals surface area (Å²) in [5, 5.41) is 6.54. The van der Waals surface area contributed by atoms with Crippen LogP contribution in [0.1, 0.15) is 11.5 Å². The molecule has 0 saturated carbocycles. The van der Waals surface area contributed by atoms with E-state index in [1.165, 1.54) is 11.3 Å². The van der Waals surface area contributed by atoms with Crippen LogP contribution in [0.5, 0.6) is 11.5 Å². The Morgan fingerprint density at radius 2 is 2.00 bits per heavy atom. The minimum absolute atomic E-state index is 0.682. The van der Waals surface area contributed by atoms with Crippen LogP contribution in [0.3, 0.4) is 0 Å². The number of hydrogen-bond acceptors (Lipinski definition) is 6. The van der Waals surface area contributed by atoms with Gasteiger partial charge in [-0.1, -0.05) is 0 Å². The Kier molecular flexibility index (Phi) is 5.04. The molecule has 0 aliphatic heterocycles. The van der Waals surface area contributed by atoms with Gasteiger partial charge >= 0.3 is 0 Å². The maximum atomic E-state index is 5.55. The highest BCUT2D eigenvalue weighted by atomic mass is 32.1. The molecule has 0 saturated heterocycles. The zero-order valence-corrected chi connectivity index (χ0v) is 15.3. The molecule has 0 unspecified atom stereocenters. The first kappa shape index (κ1) is 17.0. The molecule has 3 aromatic rings. The molecule has 2 heterocycles. The van der Waals surface area contributed by atoms with Crippen molar-refractivity contribution in [3.05, 3.63) is 52.0 Å². The predicted octanol–water partition coefficient (Wildman–Crippen LogP) is 3.55. The van der Waals surface area contributed by atoms with E-state index in [-0.39, 0.29) is 0 Å². The molecule has 130 valence electrons. The van der Waals surface area contributed by atoms with Crippen LogP contribution in [0.4, 0.5) is 0 Å². The Labute approximate surface area is 149 Å². The molecular weight excluding hydrogens is 338 g/mol. The van der Waals surface area contributed by atoms with Crippen molar-refractivity contribution in [1.82, 2.24) is 4.68 Å². The molecule has 3 rings (SSSR count). The quantitative estimate of drug-likeness (QED) is 0.656. The smallest absolute Gasteiger partial charge is 0.205 e. The number of methoxy groups -OCH3 is 2. The molecule has 1 aromatic carbocycles. The van der Waals surface area contributed by atoms with E-state index in [9.17, 15) is 0 Å². The zero-order chi connectivity index (χ0) is 17.8. The van der Waals surface area contributed by atoms with E-state index in [1.54, 1.807) is 32.2 Å². The van der Waals surface area contributed by atoms with Crippen LogP contribution in [-0.2, 0) is 0 Å². The summed E-state index contributed by atoms with van der Waals surface area (Å²) in [6.45, 7) is 1.90. The van der Waals surface area contributed by atoms with Gasteiger partial charge in [0.25, 0.3) is 0 Å². The summed E-state index contributed by atoms with van der Waals surface area (Å²) < 4.78 is 18.2. The highest BCUT2D eigenvalue weighted by Crippen LogP contribution is 2.33. The maximum absolute atomic E-state index is 5.55. The van der Waals surface area contributed by atoms with E-state index in [1.807, 2.05) is 42.6 Å². The lowest BCUT2D eigenvalue weighted by Gasteiger charge is -2.10. The minimum Gasteiger partial charge on any atom is -0.497 e. The normalized spacial score (nSPS) is 12.1. The third-order valence-corrected chi connectivity index (χ3v) is 4.53. The zero-order valence-electron chi connectivity index (χ0n) is 14.5. The standard InChI is InChI=1S/C18H19N3O3S/c1-12-5-6-14(24-12)10-20-21-16(11-25-18(21)19-2)15-9-13(22-3)7-8-17(15)23-4/h5-11H,1-4H3. The molecule has 0 amide bonds. The Balaban J connectivity index is 2.12. The summed E-state index contributed by atoms with van der Waals surface area (Å²) in [6.07, 6.45) is 1.67. The first-order chi connectivity index (χ1) is 12.2. The number of aromatic nitrogens is 1. The number of thiazole rings is 1. The second-order valence-corrected chi connectivity index (χ2v) is 6.03. The lowest BCUT2D eigenvalue weighted by atomic mass is 10.1. The minimum atomic E-state index is 0.682. The maximum Gasteiger partial charge on any atom is 0.205 e. The van der Waals surface area contributed by atoms with Gasteiger partial charge in [-0.05, 0) is 37.3 Å². The van der Waals surface area contributed by atoms with Crippen LogP contribution >= 0.6 is 11.3 Å². The molecule has 6 nitrogen and oxygen atoms in total. The topological polar surface area (TPSA) is 61.2 Å². The number of benzene rings is 1. The second-order valence-electron chi connectivity index (χ2n) is 5.20. The number of ether oxygens (including phenoxy) is 2. The van der Waals surface area contributed by atoms with E-state index < -0.39 is 0 Å². The monoisotopic (exact) mass is 357 g/mol. The van der Waals surface area contributed by atoms with Gasteiger partial charge in [-0.15, -0.1) is 11.3 Å². The molecule has 0 fully saturated rings. The van der Waals surface area contributed by atoms with Gasteiger partial charge in [0.05, 0.1) is 26.1 Å². The average molecular weight is 357 g/mol. The van der Waals surface area contributed by atoms with Crippen molar-refractivity contribution in [2.75, 3.05) is 21.3 Å². The highest BCUT2D eigenvalue weighted by molar-refractivity contribution is 7.07. The van der Waals surface area contributed by atoms with Crippen LogP contribution in [0.25, 0.3) is 11.3 Å². The van der Waals surface area contributed by atoms with Crippen molar-refractivity contribution >= 4 is 17.6 Å². The first-order valence-corrected chi connectivity index (χ1v) is 8.50. The van der Waals surface area contributed by atoms with Crippen molar-refractivity contribution < 1.29 is 13.9 Å². The molecular formula is C18H19N3O3S. The number of furan rings is 1. The summed E-state index contributed by atoms with van der Waals surface area (Å²) in [4.78, 5) is 5.06. The van der Waals surface area contributed by atoms with Gasteiger partial charge in [0.15, 0.2) is 0 Å². The molecule has 0 N–H and O–H groups in total. The van der Waals surface area contributed by atoms with E-state index in [4.69, 9.17) is 13.9 Å². The van der Waals surface area contributed by atoms with Gasteiger partial charge in [-0.25, -0.2) is 4.68 Å². The van der Waals surface area contributed by atoms with Crippen molar-refractivity contribution in [3.63, 3.8) is 0 Å². The van der Waals surface area contributed by atoms with Crippen LogP contribution in [-0.4, -0.2) is 32.2 Å². The van der Waals surface area contributed by atoms with E-state index in [2.05, 4.69) is 10.1 Å². The first-order valence-electron chi connectivity index (χ1n) is 7.63. The SMILES string of the molecule is CN=c1scc(-c2cc(OC)ccc2OC)n1N=Cc1ccc(C)o1. The predicted molar refractivity (Wildman–Crippen MR) is 98.8 cm³/mol. The molecule has 0 atom stereocenters. The Hall–Kier alpha value is -2.80. The molecule has 0 bridgehead atoms. The van der Waals surface area contributed by atoms with Gasteiger partial charge in [0.2, 0.25) is 4.80 Å². The molecule has 0 radical (unpaired) electrons. The summed E-state index contributed by atoms with van der Waals surface area (Å²) in [5.74, 6) is 3.00. The number of nitrogens with zero attached hydrogens (tertiary/aromatic N) is 3. The molecule has 0 aliphatic carbocycles. The van der Waals surface area contributed by atoms with Gasteiger partial charge in [-0.2, -0.15) is 5.10 Å². The molecule has 0 aliphatic rings. The van der Waals surface area contributed by atoms with E-state index >= 15 is 0 Å². The van der Waals surface area contributed by atoms with Gasteiger partial charge in [0.1, 0.15) is 23.0 Å². The van der Waals surface area contributed by atoms with E-state index in [0.29, 0.717) is 5.76 Å². The number of aryl methyl sites for hydroxylation is 1. The molecule has 2 aromatic heterocycles. The van der Waals surface area contributed by atoms with Crippen LogP contribution < -0.4 is 14.3 Å². The summed E-state index contributed by atoms with van der Waals surface area (Å²) >= 11 is 1.50. The summed E-state index contributed by atoms with van der Waals surface area (Å²) in [7, 11) is 5.01. The summed E-state index contributed by atoms with van der Waals surface area (Å²) in [6, 6.07) is 9.43. The molecule has 25 heavy (non-hydrogen) atoms. The molecule has 7 heteroatoms. The Bertz CT molecular complexity index is 966. The third kappa shape index (κ3) is 3.51. The Morgan fingerprint density at radius 1 is 1.16 bits per heavy atom. The van der Waals surface area contributed by atoms with Crippen molar-refractivity contribution in [2.24, 2.45) is 10.1 Å². The van der Waals surface area contributed by atoms with Gasteiger partial charge < -0.3 is 13.9 Å². The fourth-order valence-electron chi connectivity index (χ4n) is 2.40. The number of hydrogen-bond donors (Lipinski definition) is 0. The van der Waals surface area contributed by atoms with Crippen molar-refractivity contribution in [2.45, 2.75) is 6.92 Å². The third-order valence-electron chi connectivity index (χ3n) is 3.62. The van der Waals surface area contributed by atoms with Crippen LogP contribution in [0.15, 0.2) is 50.2 Å². The van der Waals surface area contributed by atoms with E-state index in [0.717, 1.165) is 33.3 Å². The fourth-order valence-corrected chi connectivity index (χ4v) is 3.19.